The molecule has 9 heteroatoms. The van der Waals surface area contributed by atoms with Crippen LogP contribution in [-0.2, 0) is 24.5 Å². The number of sulfone groups is 2. The average Bonchev–Trinajstić information content (AvgIpc) is 2.41. The highest BCUT2D eigenvalue weighted by Crippen LogP contribution is 2.21. The Balaban J connectivity index is 3.43. The Kier molecular flexibility index (Phi) is 2.94. The van der Waals surface area contributed by atoms with E-state index in [9.17, 15) is 21.6 Å². The molecule has 0 aromatic rings. The maximum absolute atomic E-state index is 11.6. The summed E-state index contributed by atoms with van der Waals surface area (Å²) in [7, 11) is -8.37. The zero-order valence-corrected chi connectivity index (χ0v) is 10.0. The largest absolute Gasteiger partial charge is 0.476 e. The zero-order chi connectivity index (χ0) is 12.7. The molecule has 0 amide bonds. The van der Waals surface area contributed by atoms with Crippen LogP contribution in [0.5, 0.6) is 0 Å². The maximum atomic E-state index is 11.6. The molecule has 0 aromatic heterocycles. The van der Waals surface area contributed by atoms with E-state index in [0.29, 0.717) is 5.41 Å². The van der Waals surface area contributed by atoms with Crippen LogP contribution in [0.3, 0.4) is 0 Å². The van der Waals surface area contributed by atoms with Gasteiger partial charge in [0.25, 0.3) is 4.38 Å². The molecule has 0 radical (unpaired) electrons. The van der Waals surface area contributed by atoms with E-state index in [1.807, 2.05) is 0 Å². The van der Waals surface area contributed by atoms with Gasteiger partial charge < -0.3 is 5.11 Å². The van der Waals surface area contributed by atoms with Crippen LogP contribution in [-0.4, -0.2) is 37.5 Å². The first kappa shape index (κ1) is 12.8. The molecule has 0 spiro atoms. The lowest BCUT2D eigenvalue weighted by atomic mass is 10.5. The molecule has 0 aliphatic carbocycles. The number of hydrogen-bond acceptors (Lipinski definition) is 6. The monoisotopic (exact) mass is 267 g/mol. The van der Waals surface area contributed by atoms with E-state index in [2.05, 4.69) is 4.99 Å². The number of hydrogen-bond donors (Lipinski definition) is 1. The fourth-order valence-corrected chi connectivity index (χ4v) is 4.33. The highest BCUT2D eigenvalue weighted by atomic mass is 32.3. The Hall–Kier alpha value is -1.22. The summed E-state index contributed by atoms with van der Waals surface area (Å²) in [6.45, 7) is 2.57. The summed E-state index contributed by atoms with van der Waals surface area (Å²) in [5, 5.41) is 7.89. The SMILES string of the molecule is CC(C)S(=O)(=O)C1=NC(C(=O)O)=CS1(=O)=O. The standard InChI is InChI=1S/C7H9NO6S2/c1-4(2)16(13,14)7-8-5(6(9)10)3-15(7,11)12/h3-4H,1-2H3,(H,9,10). The van der Waals surface area contributed by atoms with Crippen molar-refractivity contribution in [3.63, 3.8) is 0 Å². The van der Waals surface area contributed by atoms with Gasteiger partial charge in [0.2, 0.25) is 19.7 Å². The van der Waals surface area contributed by atoms with Crippen LogP contribution >= 0.6 is 0 Å². The number of carboxylic acid groups (broad SMARTS) is 1. The summed E-state index contributed by atoms with van der Waals surface area (Å²) in [6, 6.07) is 0. The van der Waals surface area contributed by atoms with Crippen LogP contribution in [0.1, 0.15) is 13.8 Å². The molecule has 0 bridgehead atoms. The number of rotatable bonds is 2. The Morgan fingerprint density at radius 2 is 1.94 bits per heavy atom. The third-order valence-corrected chi connectivity index (χ3v) is 6.13. The minimum absolute atomic E-state index is 0.338. The lowest BCUT2D eigenvalue weighted by molar-refractivity contribution is -0.132. The van der Waals surface area contributed by atoms with Gasteiger partial charge in [-0.15, -0.1) is 0 Å². The molecule has 0 saturated carbocycles. The van der Waals surface area contributed by atoms with Crippen LogP contribution in [0.2, 0.25) is 0 Å². The molecule has 1 heterocycles. The molecule has 7 nitrogen and oxygen atoms in total. The number of aliphatic carboxylic acids is 1. The third-order valence-electron chi connectivity index (χ3n) is 1.81. The summed E-state index contributed by atoms with van der Waals surface area (Å²) in [4.78, 5) is 13.6. The van der Waals surface area contributed by atoms with Crippen molar-refractivity contribution in [3.05, 3.63) is 11.1 Å². The first-order valence-electron chi connectivity index (χ1n) is 4.11. The van der Waals surface area contributed by atoms with Gasteiger partial charge in [-0.2, -0.15) is 0 Å². The first-order chi connectivity index (χ1) is 7.09. The second-order valence-electron chi connectivity index (χ2n) is 3.32. The summed E-state index contributed by atoms with van der Waals surface area (Å²) in [5.41, 5.74) is -0.792. The summed E-state index contributed by atoms with van der Waals surface area (Å²) >= 11 is 0. The van der Waals surface area contributed by atoms with Gasteiger partial charge in [0.1, 0.15) is 0 Å². The first-order valence-corrected chi connectivity index (χ1v) is 7.21. The Bertz CT molecular complexity index is 593. The lowest BCUT2D eigenvalue weighted by Crippen LogP contribution is -2.27. The van der Waals surface area contributed by atoms with Crippen molar-refractivity contribution in [2.75, 3.05) is 0 Å². The minimum atomic E-state index is -4.26. The van der Waals surface area contributed by atoms with E-state index in [-0.39, 0.29) is 0 Å². The fourth-order valence-electron chi connectivity index (χ4n) is 0.911. The highest BCUT2D eigenvalue weighted by molar-refractivity contribution is 8.32. The van der Waals surface area contributed by atoms with E-state index < -0.39 is 41.0 Å². The van der Waals surface area contributed by atoms with E-state index in [1.165, 1.54) is 13.8 Å². The van der Waals surface area contributed by atoms with Gasteiger partial charge in [-0.3, -0.25) is 0 Å². The van der Waals surface area contributed by atoms with E-state index in [4.69, 9.17) is 5.11 Å². The van der Waals surface area contributed by atoms with Crippen LogP contribution in [0.4, 0.5) is 0 Å². The van der Waals surface area contributed by atoms with Crippen LogP contribution in [0, 0.1) is 0 Å². The maximum Gasteiger partial charge on any atom is 0.355 e. The van der Waals surface area contributed by atoms with Gasteiger partial charge in [-0.25, -0.2) is 26.6 Å². The second kappa shape index (κ2) is 3.67. The van der Waals surface area contributed by atoms with Crippen LogP contribution in [0.25, 0.3) is 0 Å². The lowest BCUT2D eigenvalue weighted by Gasteiger charge is -2.05. The van der Waals surface area contributed by atoms with Crippen molar-refractivity contribution in [1.29, 1.82) is 0 Å². The van der Waals surface area contributed by atoms with E-state index in [0.717, 1.165) is 0 Å². The summed E-state index contributed by atoms with van der Waals surface area (Å²) in [6.07, 6.45) is 0. The van der Waals surface area contributed by atoms with Crippen LogP contribution in [0.15, 0.2) is 16.1 Å². The normalized spacial score (nSPS) is 19.4. The predicted molar refractivity (Wildman–Crippen MR) is 56.1 cm³/mol. The van der Waals surface area contributed by atoms with Gasteiger partial charge in [-0.05, 0) is 13.8 Å². The molecule has 0 fully saturated rings. The molecular formula is C7H9NO6S2. The molecule has 0 aromatic carbocycles. The zero-order valence-electron chi connectivity index (χ0n) is 8.41. The van der Waals surface area contributed by atoms with Crippen LogP contribution < -0.4 is 0 Å². The van der Waals surface area contributed by atoms with Gasteiger partial charge in [0.05, 0.1) is 10.7 Å². The van der Waals surface area contributed by atoms with Crippen molar-refractivity contribution in [2.24, 2.45) is 4.99 Å². The van der Waals surface area contributed by atoms with Crippen molar-refractivity contribution < 1.29 is 26.7 Å². The Morgan fingerprint density at radius 3 is 2.25 bits per heavy atom. The molecule has 1 rings (SSSR count). The van der Waals surface area contributed by atoms with Crippen molar-refractivity contribution >= 4 is 30.0 Å². The molecule has 0 atom stereocenters. The quantitative estimate of drug-likeness (QED) is 0.722. The molecular weight excluding hydrogens is 258 g/mol. The second-order valence-corrected chi connectivity index (χ2v) is 7.72. The molecule has 0 saturated heterocycles. The Labute approximate surface area is 92.3 Å². The van der Waals surface area contributed by atoms with Gasteiger partial charge in [0.15, 0.2) is 5.70 Å². The van der Waals surface area contributed by atoms with E-state index in [1.54, 1.807) is 0 Å². The fraction of sp³-hybridized carbons (Fsp3) is 0.429. The molecule has 1 aliphatic heterocycles. The van der Waals surface area contributed by atoms with E-state index >= 15 is 0 Å². The Morgan fingerprint density at radius 1 is 1.44 bits per heavy atom. The summed E-state index contributed by atoms with van der Waals surface area (Å²) in [5.74, 6) is -1.59. The predicted octanol–water partition coefficient (Wildman–Crippen LogP) is -0.480. The van der Waals surface area contributed by atoms with Gasteiger partial charge in [0, 0.05) is 0 Å². The van der Waals surface area contributed by atoms with Crippen molar-refractivity contribution in [1.82, 2.24) is 0 Å². The van der Waals surface area contributed by atoms with Gasteiger partial charge in [-0.1, -0.05) is 0 Å². The minimum Gasteiger partial charge on any atom is -0.476 e. The third kappa shape index (κ3) is 2.00. The number of aliphatic imine (C=N–C) groups is 1. The highest BCUT2D eigenvalue weighted by Gasteiger charge is 2.39. The molecule has 90 valence electrons. The molecule has 1 aliphatic rings. The molecule has 0 unspecified atom stereocenters. The smallest absolute Gasteiger partial charge is 0.355 e. The number of carboxylic acids is 1. The van der Waals surface area contributed by atoms with Gasteiger partial charge >= 0.3 is 5.97 Å². The number of nitrogens with zero attached hydrogens (tertiary/aromatic N) is 1. The number of carbonyl (C=O) groups is 1. The van der Waals surface area contributed by atoms with Crippen molar-refractivity contribution in [2.45, 2.75) is 19.1 Å². The molecule has 16 heavy (non-hydrogen) atoms. The topological polar surface area (TPSA) is 118 Å². The summed E-state index contributed by atoms with van der Waals surface area (Å²) < 4.78 is 44.8. The average molecular weight is 267 g/mol. The molecule has 1 N–H and O–H groups in total. The van der Waals surface area contributed by atoms with Crippen molar-refractivity contribution in [3.8, 4) is 0 Å².